The molecule has 74 valence electrons. The number of hydrogen-bond acceptors (Lipinski definition) is 4. The maximum absolute atomic E-state index is 4.22. The summed E-state index contributed by atoms with van der Waals surface area (Å²) in [6.45, 7) is 0. The molecular formula is C11H9N3O. The first-order chi connectivity index (χ1) is 7.47. The van der Waals surface area contributed by atoms with Gasteiger partial charge >= 0.3 is 0 Å². The summed E-state index contributed by atoms with van der Waals surface area (Å²) in [4.78, 5) is 7.63. The Balaban J connectivity index is 0.000000144. The molecule has 0 saturated heterocycles. The molecule has 0 saturated carbocycles. The highest BCUT2D eigenvalue weighted by Crippen LogP contribution is 2.07. The Morgan fingerprint density at radius 3 is 2.53 bits per heavy atom. The first kappa shape index (κ1) is 9.33. The van der Waals surface area contributed by atoms with Crippen LogP contribution in [0, 0.1) is 0 Å². The van der Waals surface area contributed by atoms with E-state index in [4.69, 9.17) is 0 Å². The minimum absolute atomic E-state index is 1.06. The summed E-state index contributed by atoms with van der Waals surface area (Å²) in [5.74, 6) is 0. The minimum atomic E-state index is 1.06. The molecule has 0 radical (unpaired) electrons. The van der Waals surface area contributed by atoms with Crippen molar-refractivity contribution in [1.29, 1.82) is 0 Å². The van der Waals surface area contributed by atoms with Gasteiger partial charge in [-0.1, -0.05) is 29.4 Å². The molecule has 15 heavy (non-hydrogen) atoms. The van der Waals surface area contributed by atoms with Gasteiger partial charge in [-0.3, -0.25) is 4.98 Å². The molecule has 0 fully saturated rings. The van der Waals surface area contributed by atoms with Gasteiger partial charge in [0.25, 0.3) is 0 Å². The van der Waals surface area contributed by atoms with E-state index in [1.807, 2.05) is 30.5 Å². The van der Waals surface area contributed by atoms with Gasteiger partial charge in [0.2, 0.25) is 6.39 Å². The van der Waals surface area contributed by atoms with Crippen LogP contribution in [-0.4, -0.2) is 15.1 Å². The van der Waals surface area contributed by atoms with Crippen molar-refractivity contribution in [2.75, 3.05) is 0 Å². The zero-order valence-corrected chi connectivity index (χ0v) is 7.95. The molecule has 4 heteroatoms. The second-order valence-corrected chi connectivity index (χ2v) is 2.78. The van der Waals surface area contributed by atoms with Gasteiger partial charge in [0.15, 0.2) is 6.33 Å². The van der Waals surface area contributed by atoms with Gasteiger partial charge in [0.1, 0.15) is 0 Å². The van der Waals surface area contributed by atoms with Gasteiger partial charge < -0.3 is 4.52 Å². The molecule has 0 amide bonds. The molecule has 3 rings (SSSR count). The minimum Gasteiger partial charge on any atom is -0.343 e. The van der Waals surface area contributed by atoms with E-state index in [1.165, 1.54) is 18.1 Å². The first-order valence-corrected chi connectivity index (χ1v) is 4.46. The van der Waals surface area contributed by atoms with E-state index in [0.29, 0.717) is 0 Å². The zero-order chi connectivity index (χ0) is 10.3. The first-order valence-electron chi connectivity index (χ1n) is 4.46. The third-order valence-corrected chi connectivity index (χ3v) is 1.79. The highest BCUT2D eigenvalue weighted by Gasteiger charge is 1.86. The van der Waals surface area contributed by atoms with Gasteiger partial charge in [-0.05, 0) is 12.1 Å². The van der Waals surface area contributed by atoms with Crippen LogP contribution in [0.1, 0.15) is 0 Å². The van der Waals surface area contributed by atoms with E-state index in [2.05, 4.69) is 31.8 Å². The molecule has 0 aliphatic heterocycles. The third-order valence-electron chi connectivity index (χ3n) is 1.79. The number of fused-ring (bicyclic) bond motifs is 1. The molecule has 0 bridgehead atoms. The normalized spacial score (nSPS) is 9.33. The summed E-state index contributed by atoms with van der Waals surface area (Å²) in [7, 11) is 0. The standard InChI is InChI=1S/C9H7N.C2H2N2O/c1-2-6-9-8(4-1)5-3-7-10-9;1-3-2-5-4-1/h1-7H;1-2H. The van der Waals surface area contributed by atoms with Gasteiger partial charge in [0.05, 0.1) is 5.52 Å². The topological polar surface area (TPSA) is 51.8 Å². The zero-order valence-electron chi connectivity index (χ0n) is 7.95. The third kappa shape index (κ3) is 2.60. The Morgan fingerprint density at radius 2 is 1.87 bits per heavy atom. The lowest BCUT2D eigenvalue weighted by molar-refractivity contribution is 0.416. The Kier molecular flexibility index (Phi) is 3.02. The van der Waals surface area contributed by atoms with Crippen molar-refractivity contribution in [1.82, 2.24) is 15.1 Å². The quantitative estimate of drug-likeness (QED) is 0.557. The Labute approximate surface area is 86.6 Å². The molecule has 0 atom stereocenters. The van der Waals surface area contributed by atoms with Crippen molar-refractivity contribution in [3.63, 3.8) is 0 Å². The van der Waals surface area contributed by atoms with Gasteiger partial charge in [0, 0.05) is 11.6 Å². The molecule has 2 aromatic heterocycles. The fraction of sp³-hybridized carbons (Fsp3) is 0. The summed E-state index contributed by atoms with van der Waals surface area (Å²) in [6, 6.07) is 12.1. The van der Waals surface area contributed by atoms with Crippen LogP contribution in [0.5, 0.6) is 0 Å². The summed E-state index contributed by atoms with van der Waals surface area (Å²) in [6.07, 6.45) is 4.41. The van der Waals surface area contributed by atoms with Crippen LogP contribution >= 0.6 is 0 Å². The Morgan fingerprint density at radius 1 is 1.00 bits per heavy atom. The van der Waals surface area contributed by atoms with Crippen LogP contribution in [0.25, 0.3) is 10.9 Å². The molecule has 0 aliphatic carbocycles. The van der Waals surface area contributed by atoms with Crippen LogP contribution in [0.2, 0.25) is 0 Å². The fourth-order valence-corrected chi connectivity index (χ4v) is 1.15. The number of para-hydroxylation sites is 1. The molecule has 4 nitrogen and oxygen atoms in total. The van der Waals surface area contributed by atoms with E-state index < -0.39 is 0 Å². The highest BCUT2D eigenvalue weighted by molar-refractivity contribution is 5.77. The second-order valence-electron chi connectivity index (χ2n) is 2.78. The van der Waals surface area contributed by atoms with Crippen LogP contribution in [-0.2, 0) is 0 Å². The van der Waals surface area contributed by atoms with Crippen LogP contribution in [0.15, 0.2) is 59.8 Å². The van der Waals surface area contributed by atoms with Crippen molar-refractivity contribution < 1.29 is 4.52 Å². The van der Waals surface area contributed by atoms with E-state index in [-0.39, 0.29) is 0 Å². The van der Waals surface area contributed by atoms with E-state index >= 15 is 0 Å². The summed E-state index contributed by atoms with van der Waals surface area (Å²) >= 11 is 0. The number of nitrogens with zero attached hydrogens (tertiary/aromatic N) is 3. The summed E-state index contributed by atoms with van der Waals surface area (Å²) < 4.78 is 4.22. The number of aromatic nitrogens is 3. The van der Waals surface area contributed by atoms with Crippen LogP contribution in [0.4, 0.5) is 0 Å². The molecule has 0 unspecified atom stereocenters. The van der Waals surface area contributed by atoms with Crippen molar-refractivity contribution in [3.05, 3.63) is 55.3 Å². The smallest absolute Gasteiger partial charge is 0.213 e. The maximum Gasteiger partial charge on any atom is 0.213 e. The van der Waals surface area contributed by atoms with E-state index in [0.717, 1.165) is 5.52 Å². The lowest BCUT2D eigenvalue weighted by Crippen LogP contribution is -1.73. The monoisotopic (exact) mass is 199 g/mol. The largest absolute Gasteiger partial charge is 0.343 e. The fourth-order valence-electron chi connectivity index (χ4n) is 1.15. The van der Waals surface area contributed by atoms with Crippen molar-refractivity contribution >= 4 is 10.9 Å². The molecule has 3 aromatic rings. The van der Waals surface area contributed by atoms with Crippen molar-refractivity contribution in [2.24, 2.45) is 0 Å². The molecule has 0 N–H and O–H groups in total. The molecular weight excluding hydrogens is 190 g/mol. The lowest BCUT2D eigenvalue weighted by atomic mass is 10.2. The highest BCUT2D eigenvalue weighted by atomic mass is 16.5. The van der Waals surface area contributed by atoms with Crippen molar-refractivity contribution in [2.45, 2.75) is 0 Å². The Bertz CT molecular complexity index is 425. The molecule has 1 aromatic carbocycles. The number of hydrogen-bond donors (Lipinski definition) is 0. The predicted octanol–water partition coefficient (Wildman–Crippen LogP) is 2.30. The molecule has 2 heterocycles. The van der Waals surface area contributed by atoms with Gasteiger partial charge in [-0.25, -0.2) is 4.98 Å². The number of rotatable bonds is 0. The maximum atomic E-state index is 4.22. The van der Waals surface area contributed by atoms with Gasteiger partial charge in [-0.15, -0.1) is 0 Å². The average Bonchev–Trinajstić information content (AvgIpc) is 2.88. The summed E-state index contributed by atoms with van der Waals surface area (Å²) in [5.41, 5.74) is 1.06. The number of pyridine rings is 1. The van der Waals surface area contributed by atoms with Crippen LogP contribution < -0.4 is 0 Å². The predicted molar refractivity (Wildman–Crippen MR) is 56.0 cm³/mol. The number of benzene rings is 1. The van der Waals surface area contributed by atoms with Gasteiger partial charge in [-0.2, -0.15) is 0 Å². The Hall–Kier alpha value is -2.23. The summed E-state index contributed by atoms with van der Waals surface area (Å²) in [5, 5.41) is 4.44. The van der Waals surface area contributed by atoms with Crippen LogP contribution in [0.3, 0.4) is 0 Å². The lowest BCUT2D eigenvalue weighted by Gasteiger charge is -1.91. The van der Waals surface area contributed by atoms with E-state index in [1.54, 1.807) is 0 Å². The van der Waals surface area contributed by atoms with Crippen molar-refractivity contribution in [3.8, 4) is 0 Å². The SMILES string of the molecule is c1ccc2ncccc2c1.c1ncon1. The second kappa shape index (κ2) is 4.85. The molecule has 0 aliphatic rings. The average molecular weight is 199 g/mol. The molecule has 0 spiro atoms. The van der Waals surface area contributed by atoms with E-state index in [9.17, 15) is 0 Å².